The number of amides is 1. The standard InChI is InChI=1S/C13H18F2N2O/c1-9(2)8-16-6-5-13(18)17-10-3-4-11(14)12(15)7-10/h3-4,7,9,16H,5-6,8H2,1-2H3,(H,17,18). The summed E-state index contributed by atoms with van der Waals surface area (Å²) in [6.07, 6.45) is 0.297. The Morgan fingerprint density at radius 2 is 2.00 bits per heavy atom. The number of benzene rings is 1. The number of anilines is 1. The van der Waals surface area contributed by atoms with Crippen LogP contribution in [0.4, 0.5) is 14.5 Å². The summed E-state index contributed by atoms with van der Waals surface area (Å²) in [5.74, 6) is -1.59. The molecule has 18 heavy (non-hydrogen) atoms. The number of halogens is 2. The van der Waals surface area contributed by atoms with Crippen molar-refractivity contribution in [1.82, 2.24) is 5.32 Å². The Labute approximate surface area is 106 Å². The highest BCUT2D eigenvalue weighted by molar-refractivity contribution is 5.90. The van der Waals surface area contributed by atoms with Crippen molar-refractivity contribution in [2.24, 2.45) is 5.92 Å². The average molecular weight is 256 g/mol. The smallest absolute Gasteiger partial charge is 0.225 e. The zero-order valence-electron chi connectivity index (χ0n) is 10.6. The van der Waals surface area contributed by atoms with Gasteiger partial charge in [-0.3, -0.25) is 4.79 Å². The van der Waals surface area contributed by atoms with Crippen LogP contribution in [0, 0.1) is 17.6 Å². The van der Waals surface area contributed by atoms with E-state index in [0.29, 0.717) is 18.9 Å². The van der Waals surface area contributed by atoms with E-state index < -0.39 is 11.6 Å². The second-order valence-corrected chi connectivity index (χ2v) is 4.53. The first-order chi connectivity index (χ1) is 8.49. The molecule has 1 aromatic carbocycles. The first kappa shape index (κ1) is 14.6. The molecule has 0 heterocycles. The third-order valence-electron chi connectivity index (χ3n) is 2.28. The lowest BCUT2D eigenvalue weighted by atomic mass is 10.2. The normalized spacial score (nSPS) is 10.7. The SMILES string of the molecule is CC(C)CNCCC(=O)Nc1ccc(F)c(F)c1. The van der Waals surface area contributed by atoms with E-state index in [-0.39, 0.29) is 11.6 Å². The molecule has 0 aliphatic heterocycles. The first-order valence-electron chi connectivity index (χ1n) is 5.94. The fraction of sp³-hybridized carbons (Fsp3) is 0.462. The van der Waals surface area contributed by atoms with Crippen molar-refractivity contribution in [2.45, 2.75) is 20.3 Å². The van der Waals surface area contributed by atoms with Crippen LogP contribution in [0.3, 0.4) is 0 Å². The molecule has 1 rings (SSSR count). The second-order valence-electron chi connectivity index (χ2n) is 4.53. The number of rotatable bonds is 6. The summed E-state index contributed by atoms with van der Waals surface area (Å²) >= 11 is 0. The summed E-state index contributed by atoms with van der Waals surface area (Å²) in [4.78, 5) is 11.5. The maximum atomic E-state index is 12.9. The van der Waals surface area contributed by atoms with Gasteiger partial charge in [-0.2, -0.15) is 0 Å². The Balaban J connectivity index is 2.33. The number of carbonyl (C=O) groups is 1. The van der Waals surface area contributed by atoms with E-state index in [1.165, 1.54) is 6.07 Å². The van der Waals surface area contributed by atoms with Crippen molar-refractivity contribution in [1.29, 1.82) is 0 Å². The van der Waals surface area contributed by atoms with Crippen molar-refractivity contribution in [3.05, 3.63) is 29.8 Å². The van der Waals surface area contributed by atoms with Crippen LogP contribution < -0.4 is 10.6 Å². The van der Waals surface area contributed by atoms with E-state index in [1.807, 2.05) is 0 Å². The molecule has 5 heteroatoms. The molecule has 2 N–H and O–H groups in total. The van der Waals surface area contributed by atoms with E-state index in [9.17, 15) is 13.6 Å². The molecule has 1 aromatic rings. The Kier molecular flexibility index (Phi) is 5.71. The number of hydrogen-bond donors (Lipinski definition) is 2. The second kappa shape index (κ2) is 7.06. The zero-order valence-corrected chi connectivity index (χ0v) is 10.6. The summed E-state index contributed by atoms with van der Waals surface area (Å²) in [7, 11) is 0. The maximum absolute atomic E-state index is 12.9. The van der Waals surface area contributed by atoms with Crippen LogP contribution in [0.2, 0.25) is 0 Å². The van der Waals surface area contributed by atoms with E-state index >= 15 is 0 Å². The Bertz CT molecular complexity index is 408. The van der Waals surface area contributed by atoms with Crippen molar-refractivity contribution in [3.63, 3.8) is 0 Å². The lowest BCUT2D eigenvalue weighted by Gasteiger charge is -2.08. The molecule has 0 radical (unpaired) electrons. The summed E-state index contributed by atoms with van der Waals surface area (Å²) in [6.45, 7) is 5.56. The van der Waals surface area contributed by atoms with Gasteiger partial charge in [0.05, 0.1) is 0 Å². The fourth-order valence-corrected chi connectivity index (χ4v) is 1.39. The molecule has 0 fully saturated rings. The van der Waals surface area contributed by atoms with Gasteiger partial charge < -0.3 is 10.6 Å². The lowest BCUT2D eigenvalue weighted by molar-refractivity contribution is -0.116. The van der Waals surface area contributed by atoms with Crippen molar-refractivity contribution < 1.29 is 13.6 Å². The monoisotopic (exact) mass is 256 g/mol. The third-order valence-corrected chi connectivity index (χ3v) is 2.28. The molecule has 0 aliphatic rings. The highest BCUT2D eigenvalue weighted by atomic mass is 19.2. The average Bonchev–Trinajstić information content (AvgIpc) is 2.29. The fourth-order valence-electron chi connectivity index (χ4n) is 1.39. The van der Waals surface area contributed by atoms with Gasteiger partial charge >= 0.3 is 0 Å². The van der Waals surface area contributed by atoms with E-state index in [4.69, 9.17) is 0 Å². The molecule has 0 atom stereocenters. The molecule has 0 aromatic heterocycles. The van der Waals surface area contributed by atoms with Crippen molar-refractivity contribution >= 4 is 11.6 Å². The number of carbonyl (C=O) groups excluding carboxylic acids is 1. The topological polar surface area (TPSA) is 41.1 Å². The van der Waals surface area contributed by atoms with Gasteiger partial charge in [0.15, 0.2) is 11.6 Å². The molecule has 0 spiro atoms. The van der Waals surface area contributed by atoms with Gasteiger partial charge in [0.2, 0.25) is 5.91 Å². The Hall–Kier alpha value is -1.49. The van der Waals surface area contributed by atoms with Crippen LogP contribution in [0.5, 0.6) is 0 Å². The number of nitrogens with one attached hydrogen (secondary N) is 2. The highest BCUT2D eigenvalue weighted by Crippen LogP contribution is 2.13. The van der Waals surface area contributed by atoms with E-state index in [1.54, 1.807) is 0 Å². The summed E-state index contributed by atoms with van der Waals surface area (Å²) in [5.41, 5.74) is 0.266. The highest BCUT2D eigenvalue weighted by Gasteiger charge is 2.06. The Morgan fingerprint density at radius 3 is 2.61 bits per heavy atom. The quantitative estimate of drug-likeness (QED) is 0.768. The van der Waals surface area contributed by atoms with Crippen LogP contribution in [0.1, 0.15) is 20.3 Å². The molecule has 0 unspecified atom stereocenters. The third kappa shape index (κ3) is 5.23. The van der Waals surface area contributed by atoms with Crippen molar-refractivity contribution in [3.8, 4) is 0 Å². The molecule has 3 nitrogen and oxygen atoms in total. The van der Waals surface area contributed by atoms with Gasteiger partial charge in [-0.25, -0.2) is 8.78 Å². The van der Waals surface area contributed by atoms with Crippen LogP contribution in [-0.4, -0.2) is 19.0 Å². The first-order valence-corrected chi connectivity index (χ1v) is 5.94. The van der Waals surface area contributed by atoms with Crippen LogP contribution in [-0.2, 0) is 4.79 Å². The molecule has 100 valence electrons. The van der Waals surface area contributed by atoms with E-state index in [0.717, 1.165) is 18.7 Å². The summed E-state index contributed by atoms with van der Waals surface area (Å²) in [5, 5.41) is 5.64. The lowest BCUT2D eigenvalue weighted by Crippen LogP contribution is -2.24. The molecular formula is C13H18F2N2O. The minimum atomic E-state index is -0.967. The molecule has 0 aliphatic carbocycles. The van der Waals surface area contributed by atoms with Gasteiger partial charge in [0, 0.05) is 24.7 Å². The zero-order chi connectivity index (χ0) is 13.5. The van der Waals surface area contributed by atoms with Crippen LogP contribution >= 0.6 is 0 Å². The van der Waals surface area contributed by atoms with Crippen molar-refractivity contribution in [2.75, 3.05) is 18.4 Å². The maximum Gasteiger partial charge on any atom is 0.225 e. The largest absolute Gasteiger partial charge is 0.326 e. The van der Waals surface area contributed by atoms with Gasteiger partial charge in [-0.05, 0) is 24.6 Å². The molecule has 1 amide bonds. The number of hydrogen-bond acceptors (Lipinski definition) is 2. The van der Waals surface area contributed by atoms with Gasteiger partial charge in [-0.1, -0.05) is 13.8 Å². The molecule has 0 saturated carbocycles. The van der Waals surface area contributed by atoms with Gasteiger partial charge in [0.25, 0.3) is 0 Å². The molecule has 0 bridgehead atoms. The summed E-state index contributed by atoms with van der Waals surface area (Å²) < 4.78 is 25.5. The Morgan fingerprint density at radius 1 is 1.28 bits per heavy atom. The molecule has 0 saturated heterocycles. The minimum absolute atomic E-state index is 0.225. The van der Waals surface area contributed by atoms with Gasteiger partial charge in [-0.15, -0.1) is 0 Å². The van der Waals surface area contributed by atoms with Crippen LogP contribution in [0.25, 0.3) is 0 Å². The summed E-state index contributed by atoms with van der Waals surface area (Å²) in [6, 6.07) is 3.29. The predicted molar refractivity (Wildman–Crippen MR) is 67.3 cm³/mol. The molecular weight excluding hydrogens is 238 g/mol. The van der Waals surface area contributed by atoms with Gasteiger partial charge in [0.1, 0.15) is 0 Å². The van der Waals surface area contributed by atoms with Crippen LogP contribution in [0.15, 0.2) is 18.2 Å². The van der Waals surface area contributed by atoms with E-state index in [2.05, 4.69) is 24.5 Å². The predicted octanol–water partition coefficient (Wildman–Crippen LogP) is 2.54. The minimum Gasteiger partial charge on any atom is -0.326 e.